The van der Waals surface area contributed by atoms with Crippen molar-refractivity contribution in [2.45, 2.75) is 19.9 Å². The summed E-state index contributed by atoms with van der Waals surface area (Å²) in [4.78, 5) is 34.9. The SMILES string of the molecule is C=CC(=O)Nc1cccc(Nc2ncc(Cl)c(-c3ccc4cc(C(=O)N(C)C)n(C(C)C)c4c3)n2)c1. The second kappa shape index (κ2) is 10.2. The van der Waals surface area contributed by atoms with Crippen molar-refractivity contribution in [1.29, 1.82) is 0 Å². The Bertz CT molecular complexity index is 1470. The number of nitrogens with zero attached hydrogens (tertiary/aromatic N) is 4. The van der Waals surface area contributed by atoms with E-state index < -0.39 is 0 Å². The Labute approximate surface area is 214 Å². The van der Waals surface area contributed by atoms with Crippen molar-refractivity contribution in [1.82, 2.24) is 19.4 Å². The lowest BCUT2D eigenvalue weighted by molar-refractivity contribution is -0.111. The molecule has 0 unspecified atom stereocenters. The number of aromatic nitrogens is 3. The van der Waals surface area contributed by atoms with Crippen molar-refractivity contribution in [2.75, 3.05) is 24.7 Å². The fourth-order valence-electron chi connectivity index (χ4n) is 3.95. The molecule has 184 valence electrons. The van der Waals surface area contributed by atoms with Crippen LogP contribution in [0, 0.1) is 0 Å². The minimum atomic E-state index is -0.297. The second-order valence-electron chi connectivity index (χ2n) is 8.76. The maximum absolute atomic E-state index is 12.8. The maximum Gasteiger partial charge on any atom is 0.270 e. The van der Waals surface area contributed by atoms with Crippen molar-refractivity contribution in [3.05, 3.63) is 78.1 Å². The molecule has 0 saturated carbocycles. The van der Waals surface area contributed by atoms with Gasteiger partial charge in [0.1, 0.15) is 5.69 Å². The number of nitrogens with one attached hydrogen (secondary N) is 2. The Hall–Kier alpha value is -4.17. The first-order valence-corrected chi connectivity index (χ1v) is 11.8. The Kier molecular flexibility index (Phi) is 7.07. The molecule has 0 aliphatic carbocycles. The Morgan fingerprint density at radius 1 is 1.11 bits per heavy atom. The molecule has 0 aliphatic rings. The Balaban J connectivity index is 1.71. The van der Waals surface area contributed by atoms with Crippen LogP contribution >= 0.6 is 11.6 Å². The van der Waals surface area contributed by atoms with Crippen molar-refractivity contribution < 1.29 is 9.59 Å². The summed E-state index contributed by atoms with van der Waals surface area (Å²) in [6.45, 7) is 7.56. The number of amides is 2. The van der Waals surface area contributed by atoms with Gasteiger partial charge in [0.05, 0.1) is 16.9 Å². The molecule has 2 aromatic heterocycles. The average molecular weight is 503 g/mol. The van der Waals surface area contributed by atoms with Gasteiger partial charge in [-0.2, -0.15) is 0 Å². The van der Waals surface area contributed by atoms with E-state index in [9.17, 15) is 9.59 Å². The number of carbonyl (C=O) groups is 2. The quantitative estimate of drug-likeness (QED) is 0.307. The fraction of sp³-hybridized carbons (Fsp3) is 0.185. The van der Waals surface area contributed by atoms with Gasteiger partial charge in [-0.1, -0.05) is 36.4 Å². The lowest BCUT2D eigenvalue weighted by Gasteiger charge is -2.17. The molecule has 0 fully saturated rings. The number of anilines is 3. The summed E-state index contributed by atoms with van der Waals surface area (Å²) in [5, 5.41) is 7.24. The Morgan fingerprint density at radius 3 is 2.56 bits per heavy atom. The van der Waals surface area contributed by atoms with Gasteiger partial charge in [0.25, 0.3) is 5.91 Å². The van der Waals surface area contributed by atoms with E-state index in [0.29, 0.717) is 33.7 Å². The molecule has 0 atom stereocenters. The second-order valence-corrected chi connectivity index (χ2v) is 9.16. The molecule has 9 heteroatoms. The number of hydrogen-bond donors (Lipinski definition) is 2. The third-order valence-corrected chi connectivity index (χ3v) is 5.85. The Morgan fingerprint density at radius 2 is 1.86 bits per heavy atom. The van der Waals surface area contributed by atoms with Crippen LogP contribution in [-0.2, 0) is 4.79 Å². The zero-order valence-corrected chi connectivity index (χ0v) is 21.3. The first kappa shape index (κ1) is 24.9. The smallest absolute Gasteiger partial charge is 0.270 e. The van der Waals surface area contributed by atoms with Crippen LogP contribution in [0.15, 0.2) is 67.4 Å². The number of hydrogen-bond acceptors (Lipinski definition) is 5. The highest BCUT2D eigenvalue weighted by atomic mass is 35.5. The van der Waals surface area contributed by atoms with Gasteiger partial charge in [-0.15, -0.1) is 0 Å². The van der Waals surface area contributed by atoms with Gasteiger partial charge in [-0.25, -0.2) is 9.97 Å². The van der Waals surface area contributed by atoms with Crippen LogP contribution in [0.4, 0.5) is 17.3 Å². The molecule has 4 aromatic rings. The average Bonchev–Trinajstić information content (AvgIpc) is 3.23. The maximum atomic E-state index is 12.8. The first-order chi connectivity index (χ1) is 17.2. The van der Waals surface area contributed by atoms with Crippen molar-refractivity contribution in [3.8, 4) is 11.3 Å². The van der Waals surface area contributed by atoms with E-state index in [1.54, 1.807) is 43.4 Å². The first-order valence-electron chi connectivity index (χ1n) is 11.4. The molecular formula is C27H27ClN6O2. The number of benzene rings is 2. The number of rotatable bonds is 7. The highest BCUT2D eigenvalue weighted by Gasteiger charge is 2.20. The summed E-state index contributed by atoms with van der Waals surface area (Å²) in [5.41, 5.74) is 4.21. The van der Waals surface area contributed by atoms with Crippen molar-refractivity contribution in [2.24, 2.45) is 0 Å². The molecule has 0 saturated heterocycles. The van der Waals surface area contributed by atoms with Crippen LogP contribution in [0.2, 0.25) is 5.02 Å². The third-order valence-electron chi connectivity index (χ3n) is 5.57. The van der Waals surface area contributed by atoms with Gasteiger partial charge < -0.3 is 20.1 Å². The van der Waals surface area contributed by atoms with E-state index in [0.717, 1.165) is 16.5 Å². The minimum Gasteiger partial charge on any atom is -0.343 e. The largest absolute Gasteiger partial charge is 0.343 e. The summed E-state index contributed by atoms with van der Waals surface area (Å²) >= 11 is 6.51. The van der Waals surface area contributed by atoms with E-state index in [1.807, 2.05) is 48.7 Å². The number of fused-ring (bicyclic) bond motifs is 1. The molecule has 2 amide bonds. The topological polar surface area (TPSA) is 92.1 Å². The number of carbonyl (C=O) groups excluding carboxylic acids is 2. The normalized spacial score (nSPS) is 10.9. The molecule has 2 aromatic carbocycles. The zero-order valence-electron chi connectivity index (χ0n) is 20.5. The predicted molar refractivity (Wildman–Crippen MR) is 145 cm³/mol. The van der Waals surface area contributed by atoms with E-state index in [-0.39, 0.29) is 17.9 Å². The monoisotopic (exact) mass is 502 g/mol. The summed E-state index contributed by atoms with van der Waals surface area (Å²) < 4.78 is 2.03. The molecule has 0 bridgehead atoms. The highest BCUT2D eigenvalue weighted by Crippen LogP contribution is 2.32. The van der Waals surface area contributed by atoms with Crippen LogP contribution in [-0.4, -0.2) is 45.3 Å². The summed E-state index contributed by atoms with van der Waals surface area (Å²) in [6.07, 6.45) is 2.75. The summed E-state index contributed by atoms with van der Waals surface area (Å²) in [7, 11) is 3.49. The van der Waals surface area contributed by atoms with E-state index in [2.05, 4.69) is 27.2 Å². The third kappa shape index (κ3) is 5.08. The zero-order chi connectivity index (χ0) is 26.0. The van der Waals surface area contributed by atoms with E-state index in [4.69, 9.17) is 11.6 Å². The number of halogens is 1. The molecule has 0 aliphatic heterocycles. The molecule has 2 N–H and O–H groups in total. The van der Waals surface area contributed by atoms with Crippen molar-refractivity contribution in [3.63, 3.8) is 0 Å². The van der Waals surface area contributed by atoms with Crippen LogP contribution in [0.25, 0.3) is 22.2 Å². The van der Waals surface area contributed by atoms with E-state index in [1.165, 1.54) is 6.08 Å². The molecule has 36 heavy (non-hydrogen) atoms. The van der Waals surface area contributed by atoms with Gasteiger partial charge in [-0.05, 0) is 50.3 Å². The highest BCUT2D eigenvalue weighted by molar-refractivity contribution is 6.33. The molecule has 0 radical (unpaired) electrons. The summed E-state index contributed by atoms with van der Waals surface area (Å²) in [6, 6.07) is 15.1. The van der Waals surface area contributed by atoms with Crippen LogP contribution < -0.4 is 10.6 Å². The van der Waals surface area contributed by atoms with Gasteiger partial charge in [0, 0.05) is 48.0 Å². The van der Waals surface area contributed by atoms with Crippen LogP contribution in [0.1, 0.15) is 30.4 Å². The molecule has 2 heterocycles. The predicted octanol–water partition coefficient (Wildman–Crippen LogP) is 5.90. The van der Waals surface area contributed by atoms with Crippen LogP contribution in [0.5, 0.6) is 0 Å². The van der Waals surface area contributed by atoms with Gasteiger partial charge in [0.2, 0.25) is 11.9 Å². The minimum absolute atomic E-state index is 0.0560. The fourth-order valence-corrected chi connectivity index (χ4v) is 4.15. The van der Waals surface area contributed by atoms with Gasteiger partial charge in [0.15, 0.2) is 0 Å². The molecule has 8 nitrogen and oxygen atoms in total. The lowest BCUT2D eigenvalue weighted by Crippen LogP contribution is -2.25. The van der Waals surface area contributed by atoms with Gasteiger partial charge >= 0.3 is 0 Å². The standard InChI is InChI=1S/C27H27ClN6O2/c1-6-24(35)30-19-8-7-9-20(14-19)31-27-29-15-21(28)25(32-27)18-11-10-17-12-23(26(36)33(4)5)34(16(2)3)22(17)13-18/h6-16H,1H2,2-5H3,(H,30,35)(H,29,31,32). The molecular weight excluding hydrogens is 476 g/mol. The molecule has 0 spiro atoms. The van der Waals surface area contributed by atoms with Crippen molar-refractivity contribution >= 4 is 51.6 Å². The van der Waals surface area contributed by atoms with E-state index >= 15 is 0 Å². The van der Waals surface area contributed by atoms with Crippen LogP contribution in [0.3, 0.4) is 0 Å². The molecule has 4 rings (SSSR count). The summed E-state index contributed by atoms with van der Waals surface area (Å²) in [5.74, 6) is -0.00177. The lowest BCUT2D eigenvalue weighted by atomic mass is 10.1. The van der Waals surface area contributed by atoms with Gasteiger partial charge in [-0.3, -0.25) is 9.59 Å².